The van der Waals surface area contributed by atoms with Crippen molar-refractivity contribution < 1.29 is 0 Å². The summed E-state index contributed by atoms with van der Waals surface area (Å²) in [6, 6.07) is 0.669. The number of nitrogens with one attached hydrogen (secondary N) is 1. The van der Waals surface area contributed by atoms with E-state index in [1.54, 1.807) is 0 Å². The van der Waals surface area contributed by atoms with Crippen molar-refractivity contribution >= 4 is 0 Å². The van der Waals surface area contributed by atoms with E-state index in [4.69, 9.17) is 0 Å². The van der Waals surface area contributed by atoms with Gasteiger partial charge in [-0.2, -0.15) is 0 Å². The maximum absolute atomic E-state index is 3.49. The van der Waals surface area contributed by atoms with Crippen LogP contribution in [0.4, 0.5) is 0 Å². The molecule has 0 saturated carbocycles. The van der Waals surface area contributed by atoms with E-state index >= 15 is 0 Å². The summed E-state index contributed by atoms with van der Waals surface area (Å²) in [6.45, 7) is 14.8. The van der Waals surface area contributed by atoms with Crippen molar-refractivity contribution in [1.29, 1.82) is 0 Å². The monoisotopic (exact) mass is 243 g/mol. The Morgan fingerprint density at radius 2 is 1.71 bits per heavy atom. The molecule has 0 aromatic rings. The normalized spacial score (nSPS) is 13.9. The van der Waals surface area contributed by atoms with Crippen LogP contribution in [0, 0.1) is 5.92 Å². The smallest absolute Gasteiger partial charge is 0.0243 e. The highest BCUT2D eigenvalue weighted by molar-refractivity contribution is 4.76. The van der Waals surface area contributed by atoms with Crippen molar-refractivity contribution in [1.82, 2.24) is 15.1 Å². The second kappa shape index (κ2) is 9.86. The zero-order valence-electron chi connectivity index (χ0n) is 12.8. The summed E-state index contributed by atoms with van der Waals surface area (Å²) in [5, 5.41) is 3.49. The van der Waals surface area contributed by atoms with Gasteiger partial charge in [0, 0.05) is 12.6 Å². The molecule has 0 bridgehead atoms. The number of hydrogen-bond donors (Lipinski definition) is 1. The summed E-state index contributed by atoms with van der Waals surface area (Å²) in [6.07, 6.45) is 1.26. The molecule has 0 amide bonds. The van der Waals surface area contributed by atoms with Gasteiger partial charge < -0.3 is 10.2 Å². The van der Waals surface area contributed by atoms with Crippen LogP contribution in [0.1, 0.15) is 34.1 Å². The summed E-state index contributed by atoms with van der Waals surface area (Å²) in [7, 11) is 4.30. The van der Waals surface area contributed by atoms with Gasteiger partial charge in [-0.3, -0.25) is 4.90 Å². The lowest BCUT2D eigenvalue weighted by Crippen LogP contribution is -2.46. The minimum Gasteiger partial charge on any atom is -0.315 e. The quantitative estimate of drug-likeness (QED) is 0.632. The first kappa shape index (κ1) is 16.9. The predicted octanol–water partition coefficient (Wildman–Crippen LogP) is 1.89. The molecular formula is C14H33N3. The van der Waals surface area contributed by atoms with E-state index in [0.29, 0.717) is 12.0 Å². The Kier molecular flexibility index (Phi) is 9.79. The summed E-state index contributed by atoms with van der Waals surface area (Å²) in [4.78, 5) is 4.89. The van der Waals surface area contributed by atoms with E-state index < -0.39 is 0 Å². The largest absolute Gasteiger partial charge is 0.315 e. The molecule has 0 fully saturated rings. The molecule has 1 N–H and O–H groups in total. The Morgan fingerprint density at radius 3 is 2.12 bits per heavy atom. The van der Waals surface area contributed by atoms with Crippen molar-refractivity contribution in [2.75, 3.05) is 46.8 Å². The van der Waals surface area contributed by atoms with Gasteiger partial charge in [-0.05, 0) is 52.6 Å². The lowest BCUT2D eigenvalue weighted by atomic mass is 10.0. The van der Waals surface area contributed by atoms with Crippen LogP contribution in [0.25, 0.3) is 0 Å². The Hall–Kier alpha value is -0.120. The minimum atomic E-state index is 0.669. The summed E-state index contributed by atoms with van der Waals surface area (Å²) in [5.41, 5.74) is 0. The fourth-order valence-corrected chi connectivity index (χ4v) is 2.23. The average Bonchev–Trinajstić information content (AvgIpc) is 2.26. The first-order valence-corrected chi connectivity index (χ1v) is 7.12. The molecule has 0 saturated heterocycles. The zero-order valence-corrected chi connectivity index (χ0v) is 12.8. The van der Waals surface area contributed by atoms with Gasteiger partial charge in [-0.1, -0.05) is 27.7 Å². The SMILES string of the molecule is CCNCC(C(C)C)N(CC)CCCN(C)C. The Morgan fingerprint density at radius 1 is 1.06 bits per heavy atom. The van der Waals surface area contributed by atoms with Gasteiger partial charge in [0.25, 0.3) is 0 Å². The second-order valence-electron chi connectivity index (χ2n) is 5.40. The summed E-state index contributed by atoms with van der Waals surface area (Å²) in [5.74, 6) is 0.716. The molecule has 3 nitrogen and oxygen atoms in total. The molecular weight excluding hydrogens is 210 g/mol. The average molecular weight is 243 g/mol. The second-order valence-corrected chi connectivity index (χ2v) is 5.40. The van der Waals surface area contributed by atoms with Gasteiger partial charge in [0.05, 0.1) is 0 Å². The Labute approximate surface area is 109 Å². The number of hydrogen-bond acceptors (Lipinski definition) is 3. The van der Waals surface area contributed by atoms with E-state index in [2.05, 4.69) is 56.9 Å². The van der Waals surface area contributed by atoms with Crippen LogP contribution in [0.3, 0.4) is 0 Å². The molecule has 1 atom stereocenters. The van der Waals surface area contributed by atoms with Gasteiger partial charge in [0.2, 0.25) is 0 Å². The van der Waals surface area contributed by atoms with Crippen LogP contribution in [-0.4, -0.2) is 62.7 Å². The van der Waals surface area contributed by atoms with Crippen LogP contribution in [-0.2, 0) is 0 Å². The van der Waals surface area contributed by atoms with Crippen molar-refractivity contribution in [3.8, 4) is 0 Å². The van der Waals surface area contributed by atoms with Crippen LogP contribution in [0.2, 0.25) is 0 Å². The zero-order chi connectivity index (χ0) is 13.3. The van der Waals surface area contributed by atoms with Gasteiger partial charge in [0.15, 0.2) is 0 Å². The van der Waals surface area contributed by atoms with Crippen molar-refractivity contribution in [3.63, 3.8) is 0 Å². The molecule has 0 aliphatic carbocycles. The third-order valence-corrected chi connectivity index (χ3v) is 3.30. The van der Waals surface area contributed by atoms with E-state index in [0.717, 1.165) is 19.6 Å². The lowest BCUT2D eigenvalue weighted by molar-refractivity contribution is 0.153. The third-order valence-electron chi connectivity index (χ3n) is 3.30. The molecule has 1 unspecified atom stereocenters. The minimum absolute atomic E-state index is 0.669. The van der Waals surface area contributed by atoms with E-state index in [-0.39, 0.29) is 0 Å². The first-order chi connectivity index (χ1) is 8.02. The fraction of sp³-hybridized carbons (Fsp3) is 1.00. The standard InChI is InChI=1S/C14H33N3/c1-7-15-12-14(13(3)4)17(8-2)11-9-10-16(5)6/h13-15H,7-12H2,1-6H3. The Balaban J connectivity index is 4.14. The van der Waals surface area contributed by atoms with Crippen LogP contribution in [0.5, 0.6) is 0 Å². The highest BCUT2D eigenvalue weighted by atomic mass is 15.2. The predicted molar refractivity (Wildman–Crippen MR) is 77.6 cm³/mol. The van der Waals surface area contributed by atoms with Crippen molar-refractivity contribution in [2.24, 2.45) is 5.92 Å². The molecule has 0 aliphatic rings. The lowest BCUT2D eigenvalue weighted by Gasteiger charge is -2.34. The highest BCUT2D eigenvalue weighted by Crippen LogP contribution is 2.10. The third kappa shape index (κ3) is 7.74. The van der Waals surface area contributed by atoms with Gasteiger partial charge >= 0.3 is 0 Å². The van der Waals surface area contributed by atoms with Crippen molar-refractivity contribution in [2.45, 2.75) is 40.2 Å². The molecule has 3 heteroatoms. The van der Waals surface area contributed by atoms with Crippen molar-refractivity contribution in [3.05, 3.63) is 0 Å². The molecule has 0 aromatic carbocycles. The molecule has 0 aliphatic heterocycles. The number of rotatable bonds is 10. The topological polar surface area (TPSA) is 18.5 Å². The molecule has 0 spiro atoms. The summed E-state index contributed by atoms with van der Waals surface area (Å²) < 4.78 is 0. The van der Waals surface area contributed by atoms with Gasteiger partial charge in [-0.25, -0.2) is 0 Å². The van der Waals surface area contributed by atoms with E-state index in [1.165, 1.54) is 19.5 Å². The molecule has 0 heterocycles. The number of nitrogens with zero attached hydrogens (tertiary/aromatic N) is 2. The Bertz CT molecular complexity index is 169. The molecule has 0 rings (SSSR count). The van der Waals surface area contributed by atoms with E-state index in [1.807, 2.05) is 0 Å². The van der Waals surface area contributed by atoms with Gasteiger partial charge in [0.1, 0.15) is 0 Å². The fourth-order valence-electron chi connectivity index (χ4n) is 2.23. The maximum Gasteiger partial charge on any atom is 0.0243 e. The molecule has 104 valence electrons. The van der Waals surface area contributed by atoms with Crippen LogP contribution in [0.15, 0.2) is 0 Å². The molecule has 17 heavy (non-hydrogen) atoms. The van der Waals surface area contributed by atoms with Crippen LogP contribution >= 0.6 is 0 Å². The first-order valence-electron chi connectivity index (χ1n) is 7.12. The van der Waals surface area contributed by atoms with E-state index in [9.17, 15) is 0 Å². The maximum atomic E-state index is 3.49. The molecule has 0 aromatic heterocycles. The van der Waals surface area contributed by atoms with Crippen LogP contribution < -0.4 is 5.32 Å². The van der Waals surface area contributed by atoms with Gasteiger partial charge in [-0.15, -0.1) is 0 Å². The highest BCUT2D eigenvalue weighted by Gasteiger charge is 2.19. The summed E-state index contributed by atoms with van der Waals surface area (Å²) >= 11 is 0. The number of likely N-dealkylation sites (N-methyl/N-ethyl adjacent to an activating group) is 2. The molecule has 0 radical (unpaired) electrons.